The summed E-state index contributed by atoms with van der Waals surface area (Å²) in [6.45, 7) is 0. The summed E-state index contributed by atoms with van der Waals surface area (Å²) in [5.74, 6) is 0. The number of allylic oxidation sites excluding steroid dienone is 1. The SMILES string of the molecule is c1ccc(C2=C(c3ccccc3)[Se]CC2)cc1. The van der Waals surface area contributed by atoms with Crippen LogP contribution in [0.25, 0.3) is 10.0 Å². The van der Waals surface area contributed by atoms with E-state index in [9.17, 15) is 0 Å². The fourth-order valence-electron chi connectivity index (χ4n) is 2.22. The van der Waals surface area contributed by atoms with Gasteiger partial charge in [-0.3, -0.25) is 0 Å². The maximum absolute atomic E-state index is 2.24. The van der Waals surface area contributed by atoms with E-state index in [2.05, 4.69) is 60.7 Å². The molecule has 0 N–H and O–H groups in total. The first-order valence-corrected chi connectivity index (χ1v) is 7.99. The first kappa shape index (κ1) is 10.8. The second-order valence-corrected chi connectivity index (χ2v) is 6.46. The molecule has 1 heterocycles. The Hall–Kier alpha value is -1.30. The van der Waals surface area contributed by atoms with Gasteiger partial charge in [-0.1, -0.05) is 0 Å². The van der Waals surface area contributed by atoms with Crippen LogP contribution in [0, 0.1) is 0 Å². The van der Waals surface area contributed by atoms with E-state index in [4.69, 9.17) is 0 Å². The molecule has 0 saturated heterocycles. The fourth-order valence-corrected chi connectivity index (χ4v) is 4.75. The Kier molecular flexibility index (Phi) is 3.13. The second-order valence-electron chi connectivity index (χ2n) is 4.14. The van der Waals surface area contributed by atoms with Crippen molar-refractivity contribution in [3.05, 3.63) is 71.8 Å². The van der Waals surface area contributed by atoms with Crippen molar-refractivity contribution in [2.45, 2.75) is 11.7 Å². The van der Waals surface area contributed by atoms with Crippen LogP contribution in [0.4, 0.5) is 0 Å². The fraction of sp³-hybridized carbons (Fsp3) is 0.125. The third kappa shape index (κ3) is 2.22. The van der Waals surface area contributed by atoms with Gasteiger partial charge in [-0.05, 0) is 0 Å². The molecule has 0 spiro atoms. The Labute approximate surface area is 109 Å². The first-order valence-electron chi connectivity index (χ1n) is 5.92. The van der Waals surface area contributed by atoms with Crippen LogP contribution < -0.4 is 0 Å². The third-order valence-electron chi connectivity index (χ3n) is 3.03. The Bertz CT molecular complexity index is 476. The molecule has 0 nitrogen and oxygen atoms in total. The second kappa shape index (κ2) is 4.91. The number of hydrogen-bond donors (Lipinski definition) is 0. The molecule has 84 valence electrons. The van der Waals surface area contributed by atoms with Gasteiger partial charge in [0.2, 0.25) is 0 Å². The molecule has 3 rings (SSSR count). The molecule has 17 heavy (non-hydrogen) atoms. The van der Waals surface area contributed by atoms with E-state index >= 15 is 0 Å². The summed E-state index contributed by atoms with van der Waals surface area (Å²) in [5.41, 5.74) is 4.39. The minimum atomic E-state index is 0.645. The first-order chi connectivity index (χ1) is 8.45. The Morgan fingerprint density at radius 3 is 1.94 bits per heavy atom. The minimum absolute atomic E-state index is 0.645. The van der Waals surface area contributed by atoms with Crippen molar-refractivity contribution in [2.24, 2.45) is 0 Å². The topological polar surface area (TPSA) is 0 Å². The van der Waals surface area contributed by atoms with Crippen LogP contribution in [0.3, 0.4) is 0 Å². The quantitative estimate of drug-likeness (QED) is 0.729. The van der Waals surface area contributed by atoms with E-state index in [0.717, 1.165) is 0 Å². The molecule has 1 heteroatoms. The molecule has 2 aromatic rings. The zero-order valence-corrected chi connectivity index (χ0v) is 11.3. The molecule has 0 unspecified atom stereocenters. The van der Waals surface area contributed by atoms with E-state index in [1.165, 1.54) is 22.9 Å². The summed E-state index contributed by atoms with van der Waals surface area (Å²) < 4.78 is 1.60. The van der Waals surface area contributed by atoms with Crippen molar-refractivity contribution in [3.8, 4) is 0 Å². The zero-order valence-electron chi connectivity index (χ0n) is 9.60. The van der Waals surface area contributed by atoms with Gasteiger partial charge in [-0.15, -0.1) is 0 Å². The summed E-state index contributed by atoms with van der Waals surface area (Å²) >= 11 is 0.645. The molecule has 0 bridgehead atoms. The van der Waals surface area contributed by atoms with Crippen molar-refractivity contribution >= 4 is 25.0 Å². The van der Waals surface area contributed by atoms with Gasteiger partial charge in [0.05, 0.1) is 0 Å². The van der Waals surface area contributed by atoms with Gasteiger partial charge in [-0.2, -0.15) is 0 Å². The number of rotatable bonds is 2. The van der Waals surface area contributed by atoms with Crippen LogP contribution in [-0.2, 0) is 0 Å². The Morgan fingerprint density at radius 2 is 1.29 bits per heavy atom. The van der Waals surface area contributed by atoms with E-state index in [0.29, 0.717) is 15.0 Å². The summed E-state index contributed by atoms with van der Waals surface area (Å²) in [7, 11) is 0. The summed E-state index contributed by atoms with van der Waals surface area (Å²) in [5, 5.41) is 1.35. The van der Waals surface area contributed by atoms with Crippen LogP contribution in [0.1, 0.15) is 17.5 Å². The molecule has 0 saturated carbocycles. The summed E-state index contributed by atoms with van der Waals surface area (Å²) in [4.78, 5) is 0. The predicted molar refractivity (Wildman–Crippen MR) is 74.9 cm³/mol. The number of benzene rings is 2. The zero-order chi connectivity index (χ0) is 11.5. The standard InChI is InChI=1S/C16H14Se/c1-3-7-13(8-4-1)15-11-12-17-16(15)14-9-5-2-6-10-14/h1-10H,11-12H2. The molecule has 0 atom stereocenters. The Morgan fingerprint density at radius 1 is 0.706 bits per heavy atom. The van der Waals surface area contributed by atoms with E-state index in [1.54, 1.807) is 10.0 Å². The number of hydrogen-bond acceptors (Lipinski definition) is 0. The van der Waals surface area contributed by atoms with Crippen LogP contribution >= 0.6 is 0 Å². The average molecular weight is 285 g/mol. The van der Waals surface area contributed by atoms with Gasteiger partial charge in [0.25, 0.3) is 0 Å². The predicted octanol–water partition coefficient (Wildman–Crippen LogP) is 4.08. The van der Waals surface area contributed by atoms with Crippen molar-refractivity contribution < 1.29 is 0 Å². The van der Waals surface area contributed by atoms with Crippen LogP contribution in [0.5, 0.6) is 0 Å². The molecular weight excluding hydrogens is 271 g/mol. The van der Waals surface area contributed by atoms with Crippen molar-refractivity contribution in [3.63, 3.8) is 0 Å². The van der Waals surface area contributed by atoms with Crippen LogP contribution in [-0.4, -0.2) is 15.0 Å². The normalized spacial score (nSPS) is 15.3. The van der Waals surface area contributed by atoms with Crippen molar-refractivity contribution in [1.29, 1.82) is 0 Å². The van der Waals surface area contributed by atoms with Gasteiger partial charge in [0, 0.05) is 0 Å². The van der Waals surface area contributed by atoms with Crippen molar-refractivity contribution in [1.82, 2.24) is 0 Å². The van der Waals surface area contributed by atoms with Gasteiger partial charge >= 0.3 is 109 Å². The molecule has 0 amide bonds. The van der Waals surface area contributed by atoms with E-state index in [-0.39, 0.29) is 0 Å². The monoisotopic (exact) mass is 286 g/mol. The van der Waals surface area contributed by atoms with Gasteiger partial charge in [0.1, 0.15) is 0 Å². The molecule has 0 aromatic heterocycles. The maximum atomic E-state index is 2.24. The van der Waals surface area contributed by atoms with Crippen molar-refractivity contribution in [2.75, 3.05) is 0 Å². The van der Waals surface area contributed by atoms with Gasteiger partial charge < -0.3 is 0 Å². The molecule has 0 fully saturated rings. The summed E-state index contributed by atoms with van der Waals surface area (Å²) in [6, 6.07) is 21.7. The molecule has 2 aromatic carbocycles. The van der Waals surface area contributed by atoms with E-state index < -0.39 is 0 Å². The van der Waals surface area contributed by atoms with Crippen LogP contribution in [0.2, 0.25) is 5.32 Å². The van der Waals surface area contributed by atoms with E-state index in [1.807, 2.05) is 0 Å². The Balaban J connectivity index is 2.08. The van der Waals surface area contributed by atoms with Gasteiger partial charge in [0.15, 0.2) is 0 Å². The average Bonchev–Trinajstić information content (AvgIpc) is 2.90. The molecular formula is C16H14Se. The molecule has 1 aliphatic heterocycles. The molecule has 0 aliphatic carbocycles. The molecule has 0 radical (unpaired) electrons. The summed E-state index contributed by atoms with van der Waals surface area (Å²) in [6.07, 6.45) is 1.24. The van der Waals surface area contributed by atoms with Gasteiger partial charge in [-0.25, -0.2) is 0 Å². The third-order valence-corrected chi connectivity index (χ3v) is 5.50. The molecule has 1 aliphatic rings. The van der Waals surface area contributed by atoms with Crippen LogP contribution in [0.15, 0.2) is 60.7 Å².